The van der Waals surface area contributed by atoms with Gasteiger partial charge in [0.15, 0.2) is 0 Å². The van der Waals surface area contributed by atoms with Gasteiger partial charge in [0.2, 0.25) is 0 Å². The fraction of sp³-hybridized carbons (Fsp3) is 0.424. The number of rotatable bonds is 7. The highest BCUT2D eigenvalue weighted by Crippen LogP contribution is 2.40. The Morgan fingerprint density at radius 1 is 1.07 bits per heavy atom. The van der Waals surface area contributed by atoms with Crippen LogP contribution < -0.4 is 15.5 Å². The maximum atomic E-state index is 13.6. The van der Waals surface area contributed by atoms with Crippen molar-refractivity contribution in [2.75, 3.05) is 31.2 Å². The van der Waals surface area contributed by atoms with Gasteiger partial charge in [-0.3, -0.25) is 9.78 Å². The minimum absolute atomic E-state index is 0.0180. The molecule has 3 aromatic rings. The molecule has 1 spiro atoms. The van der Waals surface area contributed by atoms with E-state index in [9.17, 15) is 22.8 Å². The molecule has 2 aromatic carbocycles. The first-order chi connectivity index (χ1) is 20.7. The number of carbonyl (C=O) groups excluding carboxylic acids is 2. The van der Waals surface area contributed by atoms with Gasteiger partial charge in [-0.25, -0.2) is 4.79 Å². The number of amides is 2. The van der Waals surface area contributed by atoms with Crippen molar-refractivity contribution in [3.05, 3.63) is 83.2 Å². The second kappa shape index (κ2) is 12.1. The number of benzene rings is 2. The lowest BCUT2D eigenvalue weighted by Gasteiger charge is -2.48. The van der Waals surface area contributed by atoms with Crippen LogP contribution >= 0.6 is 0 Å². The van der Waals surface area contributed by atoms with Crippen molar-refractivity contribution in [3.63, 3.8) is 0 Å². The summed E-state index contributed by atoms with van der Waals surface area (Å²) in [6.45, 7) is 10.3. The third-order valence-electron chi connectivity index (χ3n) is 7.92. The lowest BCUT2D eigenvalue weighted by molar-refractivity contribution is -0.137. The minimum atomic E-state index is -4.53. The molecule has 0 radical (unpaired) electrons. The van der Waals surface area contributed by atoms with E-state index < -0.39 is 23.4 Å². The van der Waals surface area contributed by atoms with E-state index in [1.54, 1.807) is 51.2 Å². The molecule has 5 rings (SSSR count). The highest BCUT2D eigenvalue weighted by Gasteiger charge is 2.46. The Morgan fingerprint density at radius 3 is 2.43 bits per heavy atom. The number of nitrogens with one attached hydrogen (secondary N) is 2. The van der Waals surface area contributed by atoms with Gasteiger partial charge in [-0.05, 0) is 74.6 Å². The maximum Gasteiger partial charge on any atom is 0.416 e. The summed E-state index contributed by atoms with van der Waals surface area (Å²) in [6, 6.07) is 11.8. The van der Waals surface area contributed by atoms with Crippen molar-refractivity contribution in [1.29, 1.82) is 0 Å². The van der Waals surface area contributed by atoms with Gasteiger partial charge in [-0.2, -0.15) is 13.2 Å². The standard InChI is InChI=1S/C33H37F3N4O4/c1-21(39-29(41)25-13-27(17-37-15-25)40-18-32(19-40)11-12-43-20-32)22-5-7-23(8-6-22)28-14-26(33(34,35)36)10-9-24(28)16-38-30(42)44-31(2,3)4/h5-10,13-15,17,21H,11-12,16,18-20H2,1-4H3,(H,38,42)(H,39,41)/t21-/m1/s1. The first kappa shape index (κ1) is 31.3. The molecule has 2 amide bonds. The molecule has 44 heavy (non-hydrogen) atoms. The van der Waals surface area contributed by atoms with E-state index in [1.165, 1.54) is 12.3 Å². The lowest BCUT2D eigenvalue weighted by atomic mass is 9.79. The minimum Gasteiger partial charge on any atom is -0.444 e. The van der Waals surface area contributed by atoms with Crippen molar-refractivity contribution >= 4 is 17.7 Å². The molecular weight excluding hydrogens is 573 g/mol. The monoisotopic (exact) mass is 610 g/mol. The summed E-state index contributed by atoms with van der Waals surface area (Å²) >= 11 is 0. The number of hydrogen-bond donors (Lipinski definition) is 2. The van der Waals surface area contributed by atoms with E-state index in [4.69, 9.17) is 9.47 Å². The van der Waals surface area contributed by atoms with Crippen LogP contribution in [-0.2, 0) is 22.2 Å². The van der Waals surface area contributed by atoms with Crippen molar-refractivity contribution in [3.8, 4) is 11.1 Å². The third-order valence-corrected chi connectivity index (χ3v) is 7.92. The van der Waals surface area contributed by atoms with E-state index in [-0.39, 0.29) is 23.9 Å². The molecule has 1 aromatic heterocycles. The van der Waals surface area contributed by atoms with Crippen LogP contribution in [0, 0.1) is 5.41 Å². The van der Waals surface area contributed by atoms with E-state index >= 15 is 0 Å². The molecule has 0 aliphatic carbocycles. The molecule has 2 fully saturated rings. The van der Waals surface area contributed by atoms with Crippen LogP contribution in [-0.4, -0.2) is 48.9 Å². The Bertz CT molecular complexity index is 1500. The van der Waals surface area contributed by atoms with Crippen LogP contribution in [0.1, 0.15) is 67.2 Å². The third kappa shape index (κ3) is 7.32. The summed E-state index contributed by atoms with van der Waals surface area (Å²) in [7, 11) is 0. The number of alkyl carbamates (subject to hydrolysis) is 1. The summed E-state index contributed by atoms with van der Waals surface area (Å²) in [5, 5.41) is 5.60. The number of anilines is 1. The Hall–Kier alpha value is -4.12. The van der Waals surface area contributed by atoms with Crippen LogP contribution in [0.5, 0.6) is 0 Å². The number of pyridine rings is 1. The zero-order valence-corrected chi connectivity index (χ0v) is 25.3. The molecule has 2 aliphatic heterocycles. The number of nitrogens with zero attached hydrogens (tertiary/aromatic N) is 2. The van der Waals surface area contributed by atoms with Crippen molar-refractivity contribution in [2.24, 2.45) is 5.41 Å². The summed E-state index contributed by atoms with van der Waals surface area (Å²) in [5.41, 5.74) is 2.19. The number of aromatic nitrogens is 1. The van der Waals surface area contributed by atoms with Gasteiger partial charge in [0, 0.05) is 37.9 Å². The summed E-state index contributed by atoms with van der Waals surface area (Å²) in [6.07, 6.45) is -0.860. The number of alkyl halides is 3. The van der Waals surface area contributed by atoms with E-state index in [0.717, 1.165) is 56.1 Å². The zero-order valence-electron chi connectivity index (χ0n) is 25.3. The van der Waals surface area contributed by atoms with E-state index in [0.29, 0.717) is 22.3 Å². The summed E-state index contributed by atoms with van der Waals surface area (Å²) in [4.78, 5) is 31.8. The lowest BCUT2D eigenvalue weighted by Crippen LogP contribution is -2.57. The smallest absolute Gasteiger partial charge is 0.416 e. The molecule has 2 aliphatic rings. The van der Waals surface area contributed by atoms with Crippen LogP contribution in [0.25, 0.3) is 11.1 Å². The van der Waals surface area contributed by atoms with Gasteiger partial charge in [-0.15, -0.1) is 0 Å². The summed E-state index contributed by atoms with van der Waals surface area (Å²) < 4.78 is 51.5. The largest absolute Gasteiger partial charge is 0.444 e. The van der Waals surface area contributed by atoms with Crippen molar-refractivity contribution in [1.82, 2.24) is 15.6 Å². The number of ether oxygens (including phenoxy) is 2. The van der Waals surface area contributed by atoms with Crippen LogP contribution in [0.4, 0.5) is 23.7 Å². The van der Waals surface area contributed by atoms with Crippen LogP contribution in [0.3, 0.4) is 0 Å². The highest BCUT2D eigenvalue weighted by molar-refractivity contribution is 5.95. The van der Waals surface area contributed by atoms with Gasteiger partial charge in [0.05, 0.1) is 35.7 Å². The van der Waals surface area contributed by atoms with Gasteiger partial charge >= 0.3 is 12.3 Å². The van der Waals surface area contributed by atoms with Crippen LogP contribution in [0.15, 0.2) is 60.9 Å². The zero-order chi connectivity index (χ0) is 31.7. The fourth-order valence-electron chi connectivity index (χ4n) is 5.54. The number of halogens is 3. The Balaban J connectivity index is 1.27. The first-order valence-electron chi connectivity index (χ1n) is 14.6. The molecule has 2 saturated heterocycles. The number of carbonyl (C=O) groups is 2. The maximum absolute atomic E-state index is 13.6. The van der Waals surface area contributed by atoms with Crippen molar-refractivity contribution < 1.29 is 32.2 Å². The average Bonchev–Trinajstić information content (AvgIpc) is 3.45. The molecule has 8 nitrogen and oxygen atoms in total. The predicted octanol–water partition coefficient (Wildman–Crippen LogP) is 6.51. The van der Waals surface area contributed by atoms with Gasteiger partial charge in [0.25, 0.3) is 5.91 Å². The van der Waals surface area contributed by atoms with E-state index in [1.807, 2.05) is 13.0 Å². The molecule has 3 heterocycles. The summed E-state index contributed by atoms with van der Waals surface area (Å²) in [5.74, 6) is -0.274. The Kier molecular flexibility index (Phi) is 8.62. The molecule has 0 bridgehead atoms. The molecule has 1 atom stereocenters. The average molecular weight is 611 g/mol. The van der Waals surface area contributed by atoms with E-state index in [2.05, 4.69) is 20.5 Å². The highest BCUT2D eigenvalue weighted by atomic mass is 19.4. The van der Waals surface area contributed by atoms with Gasteiger partial charge < -0.3 is 25.0 Å². The predicted molar refractivity (Wildman–Crippen MR) is 160 cm³/mol. The molecular formula is C33H37F3N4O4. The fourth-order valence-corrected chi connectivity index (χ4v) is 5.54. The molecule has 2 N–H and O–H groups in total. The second-order valence-corrected chi connectivity index (χ2v) is 12.6. The first-order valence-corrected chi connectivity index (χ1v) is 14.6. The Labute approximate surface area is 254 Å². The van der Waals surface area contributed by atoms with Crippen LogP contribution in [0.2, 0.25) is 0 Å². The normalized spacial score (nSPS) is 16.8. The van der Waals surface area contributed by atoms with Gasteiger partial charge in [0.1, 0.15) is 5.60 Å². The topological polar surface area (TPSA) is 92.8 Å². The second-order valence-electron chi connectivity index (χ2n) is 12.6. The number of hydrogen-bond acceptors (Lipinski definition) is 6. The molecule has 11 heteroatoms. The quantitative estimate of drug-likeness (QED) is 0.317. The van der Waals surface area contributed by atoms with Crippen molar-refractivity contribution in [2.45, 2.75) is 58.5 Å². The molecule has 0 unspecified atom stereocenters. The molecule has 234 valence electrons. The SMILES string of the molecule is C[C@@H](NC(=O)c1cncc(N2CC3(CCOC3)C2)c1)c1ccc(-c2cc(C(F)(F)F)ccc2CNC(=O)OC(C)(C)C)cc1. The Morgan fingerprint density at radius 2 is 1.80 bits per heavy atom. The molecule has 0 saturated carbocycles. The van der Waals surface area contributed by atoms with Gasteiger partial charge in [-0.1, -0.05) is 30.3 Å².